The monoisotopic (exact) mass is 251 g/mol. The highest BCUT2D eigenvalue weighted by Gasteiger charge is 2.24. The van der Waals surface area contributed by atoms with Crippen molar-refractivity contribution in [2.75, 3.05) is 0 Å². The van der Waals surface area contributed by atoms with E-state index in [1.165, 1.54) is 0 Å². The van der Waals surface area contributed by atoms with Gasteiger partial charge in [0.25, 0.3) is 0 Å². The summed E-state index contributed by atoms with van der Waals surface area (Å²) in [5.41, 5.74) is 6.62. The van der Waals surface area contributed by atoms with Gasteiger partial charge in [0.1, 0.15) is 6.61 Å². The molecule has 1 unspecified atom stereocenters. The van der Waals surface area contributed by atoms with Crippen LogP contribution in [0.1, 0.15) is 25.8 Å². The van der Waals surface area contributed by atoms with Crippen molar-refractivity contribution in [1.82, 2.24) is 0 Å². The molecule has 0 fully saturated rings. The summed E-state index contributed by atoms with van der Waals surface area (Å²) in [6.07, 6.45) is -0.669. The number of nitrogens with two attached hydrogens (primary N) is 1. The molecule has 1 aromatic rings. The van der Waals surface area contributed by atoms with Crippen LogP contribution < -0.4 is 5.73 Å². The molecule has 0 saturated heterocycles. The highest BCUT2D eigenvalue weighted by atomic mass is 16.5. The molecule has 4 heteroatoms. The molecular weight excluding hydrogens is 230 g/mol. The van der Waals surface area contributed by atoms with Crippen LogP contribution in [0.2, 0.25) is 0 Å². The molecule has 0 radical (unpaired) electrons. The zero-order valence-electron chi connectivity index (χ0n) is 10.9. The molecule has 0 bridgehead atoms. The molecule has 0 aliphatic carbocycles. The van der Waals surface area contributed by atoms with Crippen molar-refractivity contribution in [3.63, 3.8) is 0 Å². The molecule has 1 aromatic carbocycles. The van der Waals surface area contributed by atoms with Crippen molar-refractivity contribution in [2.24, 2.45) is 11.7 Å². The van der Waals surface area contributed by atoms with Gasteiger partial charge in [0.2, 0.25) is 0 Å². The number of benzene rings is 1. The number of hydrogen-bond donors (Lipinski definition) is 2. The van der Waals surface area contributed by atoms with Crippen molar-refractivity contribution >= 4 is 5.97 Å². The van der Waals surface area contributed by atoms with Crippen molar-refractivity contribution in [2.45, 2.75) is 39.0 Å². The van der Waals surface area contributed by atoms with Gasteiger partial charge in [-0.3, -0.25) is 0 Å². The maximum Gasteiger partial charge on any atom is 0.336 e. The predicted molar refractivity (Wildman–Crippen MR) is 69.7 cm³/mol. The second-order valence-corrected chi connectivity index (χ2v) is 4.83. The summed E-state index contributed by atoms with van der Waals surface area (Å²) in [4.78, 5) is 11.6. The first-order valence-electron chi connectivity index (χ1n) is 6.15. The number of aliphatic hydroxyl groups is 1. The van der Waals surface area contributed by atoms with E-state index in [2.05, 4.69) is 0 Å². The Morgan fingerprint density at radius 1 is 1.33 bits per heavy atom. The minimum Gasteiger partial charge on any atom is -0.459 e. The molecule has 4 nitrogen and oxygen atoms in total. The lowest BCUT2D eigenvalue weighted by atomic mass is 10.0. The van der Waals surface area contributed by atoms with Crippen LogP contribution in [0.5, 0.6) is 0 Å². The number of rotatable bonds is 6. The van der Waals surface area contributed by atoms with Crippen LogP contribution in [0.15, 0.2) is 30.3 Å². The van der Waals surface area contributed by atoms with E-state index >= 15 is 0 Å². The van der Waals surface area contributed by atoms with Gasteiger partial charge in [-0.05, 0) is 17.9 Å². The third-order valence-electron chi connectivity index (χ3n) is 2.61. The molecular formula is C14H21NO3. The summed E-state index contributed by atoms with van der Waals surface area (Å²) in [6, 6.07) is 8.75. The van der Waals surface area contributed by atoms with E-state index in [0.717, 1.165) is 5.56 Å². The van der Waals surface area contributed by atoms with Gasteiger partial charge in [-0.25, -0.2) is 4.79 Å². The Kier molecular flexibility index (Phi) is 5.82. The minimum absolute atomic E-state index is 0.158. The third-order valence-corrected chi connectivity index (χ3v) is 2.61. The van der Waals surface area contributed by atoms with Crippen LogP contribution >= 0.6 is 0 Å². The predicted octanol–water partition coefficient (Wildman–Crippen LogP) is 1.46. The smallest absolute Gasteiger partial charge is 0.336 e. The van der Waals surface area contributed by atoms with Crippen LogP contribution in [0, 0.1) is 5.92 Å². The van der Waals surface area contributed by atoms with Gasteiger partial charge in [0.15, 0.2) is 6.10 Å². The second-order valence-electron chi connectivity index (χ2n) is 4.83. The highest BCUT2D eigenvalue weighted by Crippen LogP contribution is 2.08. The number of hydrogen-bond acceptors (Lipinski definition) is 4. The fourth-order valence-corrected chi connectivity index (χ4v) is 1.66. The topological polar surface area (TPSA) is 72.5 Å². The molecule has 0 aliphatic heterocycles. The average Bonchev–Trinajstić information content (AvgIpc) is 2.35. The summed E-state index contributed by atoms with van der Waals surface area (Å²) in [5, 5.41) is 9.71. The highest BCUT2D eigenvalue weighted by molar-refractivity contribution is 5.75. The largest absolute Gasteiger partial charge is 0.459 e. The van der Waals surface area contributed by atoms with Gasteiger partial charge < -0.3 is 15.6 Å². The Morgan fingerprint density at radius 3 is 2.50 bits per heavy atom. The number of carbonyl (C=O) groups is 1. The first kappa shape index (κ1) is 14.7. The normalized spacial score (nSPS) is 14.3. The van der Waals surface area contributed by atoms with Gasteiger partial charge in [0, 0.05) is 6.04 Å². The molecule has 0 spiro atoms. The third kappa shape index (κ3) is 4.85. The van der Waals surface area contributed by atoms with Gasteiger partial charge >= 0.3 is 5.97 Å². The minimum atomic E-state index is -1.25. The molecule has 2 atom stereocenters. The molecule has 18 heavy (non-hydrogen) atoms. The SMILES string of the molecule is CC(C)C[C@H](N)C(O)C(=O)OCc1ccccc1. The van der Waals surface area contributed by atoms with Crippen LogP contribution in [0.3, 0.4) is 0 Å². The maximum atomic E-state index is 11.6. The van der Waals surface area contributed by atoms with E-state index in [1.54, 1.807) is 0 Å². The lowest BCUT2D eigenvalue weighted by Crippen LogP contribution is -2.42. The fraction of sp³-hybridized carbons (Fsp3) is 0.500. The zero-order chi connectivity index (χ0) is 13.5. The number of carbonyl (C=O) groups excluding carboxylic acids is 1. The molecule has 1 rings (SSSR count). The molecule has 3 N–H and O–H groups in total. The Hall–Kier alpha value is -1.39. The van der Waals surface area contributed by atoms with Crippen LogP contribution in [0.4, 0.5) is 0 Å². The Morgan fingerprint density at radius 2 is 1.94 bits per heavy atom. The van der Waals surface area contributed by atoms with Crippen LogP contribution in [0.25, 0.3) is 0 Å². The van der Waals surface area contributed by atoms with Gasteiger partial charge in [-0.1, -0.05) is 44.2 Å². The summed E-state index contributed by atoms with van der Waals surface area (Å²) >= 11 is 0. The standard InChI is InChI=1S/C14H21NO3/c1-10(2)8-12(15)13(16)14(17)18-9-11-6-4-3-5-7-11/h3-7,10,12-13,16H,8-9,15H2,1-2H3/t12-,13?/m0/s1. The van der Waals surface area contributed by atoms with Crippen molar-refractivity contribution < 1.29 is 14.6 Å². The van der Waals surface area contributed by atoms with E-state index in [4.69, 9.17) is 10.5 Å². The maximum absolute atomic E-state index is 11.6. The molecule has 0 aliphatic rings. The lowest BCUT2D eigenvalue weighted by molar-refractivity contribution is -0.156. The van der Waals surface area contributed by atoms with E-state index in [-0.39, 0.29) is 6.61 Å². The molecule has 100 valence electrons. The van der Waals surface area contributed by atoms with E-state index in [0.29, 0.717) is 12.3 Å². The zero-order valence-corrected chi connectivity index (χ0v) is 10.9. The quantitative estimate of drug-likeness (QED) is 0.751. The van der Waals surface area contributed by atoms with Crippen molar-refractivity contribution in [3.8, 4) is 0 Å². The van der Waals surface area contributed by atoms with Gasteiger partial charge in [-0.15, -0.1) is 0 Å². The van der Waals surface area contributed by atoms with E-state index in [1.807, 2.05) is 44.2 Å². The summed E-state index contributed by atoms with van der Waals surface area (Å²) in [7, 11) is 0. The fourth-order valence-electron chi connectivity index (χ4n) is 1.66. The van der Waals surface area contributed by atoms with E-state index in [9.17, 15) is 9.90 Å². The number of ether oxygens (including phenoxy) is 1. The molecule has 0 aromatic heterocycles. The van der Waals surface area contributed by atoms with Crippen LogP contribution in [-0.2, 0) is 16.1 Å². The van der Waals surface area contributed by atoms with E-state index < -0.39 is 18.1 Å². The Balaban J connectivity index is 2.40. The molecule has 0 heterocycles. The van der Waals surface area contributed by atoms with Gasteiger partial charge in [-0.2, -0.15) is 0 Å². The molecule has 0 amide bonds. The first-order valence-corrected chi connectivity index (χ1v) is 6.15. The average molecular weight is 251 g/mol. The molecule has 0 saturated carbocycles. The second kappa shape index (κ2) is 7.13. The Bertz CT molecular complexity index is 365. The summed E-state index contributed by atoms with van der Waals surface area (Å²) in [6.45, 7) is 4.13. The van der Waals surface area contributed by atoms with Gasteiger partial charge in [0.05, 0.1) is 0 Å². The Labute approximate surface area is 108 Å². The van der Waals surface area contributed by atoms with Crippen molar-refractivity contribution in [1.29, 1.82) is 0 Å². The first-order chi connectivity index (χ1) is 8.50. The van der Waals surface area contributed by atoms with Crippen LogP contribution in [-0.4, -0.2) is 23.2 Å². The lowest BCUT2D eigenvalue weighted by Gasteiger charge is -2.19. The summed E-state index contributed by atoms with van der Waals surface area (Å²) in [5.74, 6) is -0.330. The number of esters is 1. The number of aliphatic hydroxyl groups excluding tert-OH is 1. The van der Waals surface area contributed by atoms with Crippen molar-refractivity contribution in [3.05, 3.63) is 35.9 Å². The summed E-state index contributed by atoms with van der Waals surface area (Å²) < 4.78 is 5.02.